The molecule has 5 rings (SSSR count). The highest BCUT2D eigenvalue weighted by molar-refractivity contribution is 9.10. The molecule has 1 aromatic heterocycles. The van der Waals surface area contributed by atoms with Crippen LogP contribution in [-0.2, 0) is 21.5 Å². The number of carbonyl (C=O) groups is 2. The van der Waals surface area contributed by atoms with E-state index in [9.17, 15) is 9.59 Å². The molecule has 2 aromatic rings. The summed E-state index contributed by atoms with van der Waals surface area (Å²) in [4.78, 5) is 34.2. The number of methoxy groups -OCH3 is 1. The highest BCUT2D eigenvalue weighted by Crippen LogP contribution is 2.62. The molecular formula is C25H29BrN4O3. The van der Waals surface area contributed by atoms with Crippen molar-refractivity contribution < 1.29 is 14.3 Å². The van der Waals surface area contributed by atoms with Gasteiger partial charge < -0.3 is 15.4 Å². The number of amides is 2. The number of halogens is 1. The number of amidine groups is 1. The van der Waals surface area contributed by atoms with Crippen LogP contribution in [0.25, 0.3) is 0 Å². The van der Waals surface area contributed by atoms with Gasteiger partial charge in [0.05, 0.1) is 6.10 Å². The zero-order chi connectivity index (χ0) is 23.8. The number of pyridine rings is 1. The smallest absolute Gasteiger partial charge is 0.267 e. The molecule has 2 amide bonds. The molecule has 1 unspecified atom stereocenters. The number of aliphatic imine (C=N–C) groups is 1. The van der Waals surface area contributed by atoms with Crippen molar-refractivity contribution in [3.63, 3.8) is 0 Å². The SMILES string of the molecule is COC1CCC2(CC1)Cc1ccc(Br)cc1C21N=C(C)N(C)C1=O.NC(=O)c1ccccn1. The van der Waals surface area contributed by atoms with Crippen molar-refractivity contribution in [3.05, 3.63) is 63.9 Å². The fourth-order valence-electron chi connectivity index (χ4n) is 5.52. The number of ether oxygens (including phenoxy) is 1. The number of hydrogen-bond donors (Lipinski definition) is 1. The Bertz CT molecular complexity index is 1100. The number of rotatable bonds is 2. The molecule has 2 N–H and O–H groups in total. The standard InChI is InChI=1S/C19H23BrN2O2.C6H6N2O/c1-12-21-19(17(23)22(12)2)16-10-14(20)5-4-13(16)11-18(19)8-6-15(24-3)7-9-18;7-6(9)5-3-1-2-4-8-5/h4-5,10,15H,6-9,11H2,1-3H3;1-4H,(H2,7,9). The predicted molar refractivity (Wildman–Crippen MR) is 130 cm³/mol. The minimum Gasteiger partial charge on any atom is -0.381 e. The normalized spacial score (nSPS) is 27.9. The molecule has 1 aromatic carbocycles. The van der Waals surface area contributed by atoms with Crippen LogP contribution in [0.2, 0.25) is 0 Å². The molecule has 1 fully saturated rings. The fourth-order valence-corrected chi connectivity index (χ4v) is 5.88. The number of likely N-dealkylation sites (N-methyl/N-ethyl adjacent to an activating group) is 1. The van der Waals surface area contributed by atoms with Crippen molar-refractivity contribution in [1.82, 2.24) is 9.88 Å². The third-order valence-electron chi connectivity index (χ3n) is 7.33. The monoisotopic (exact) mass is 512 g/mol. The molecule has 1 saturated carbocycles. The quantitative estimate of drug-likeness (QED) is 0.660. The number of nitrogens with two attached hydrogens (primary N) is 1. The van der Waals surface area contributed by atoms with E-state index in [1.807, 2.05) is 14.0 Å². The van der Waals surface area contributed by atoms with Crippen LogP contribution in [0, 0.1) is 5.41 Å². The minimum atomic E-state index is -0.746. The summed E-state index contributed by atoms with van der Waals surface area (Å²) in [5, 5.41) is 0. The Hall–Kier alpha value is -2.58. The first-order chi connectivity index (χ1) is 15.7. The van der Waals surface area contributed by atoms with E-state index in [0.29, 0.717) is 11.8 Å². The van der Waals surface area contributed by atoms with Gasteiger partial charge in [0.15, 0.2) is 5.54 Å². The van der Waals surface area contributed by atoms with Gasteiger partial charge in [-0.05, 0) is 74.4 Å². The first-order valence-electron chi connectivity index (χ1n) is 11.1. The third kappa shape index (κ3) is 3.89. The van der Waals surface area contributed by atoms with Crippen LogP contribution in [0.1, 0.15) is 54.2 Å². The molecule has 8 heteroatoms. The van der Waals surface area contributed by atoms with Crippen LogP contribution in [0.3, 0.4) is 0 Å². The number of hydrogen-bond acceptors (Lipinski definition) is 5. The summed E-state index contributed by atoms with van der Waals surface area (Å²) in [6.07, 6.45) is 6.73. The molecular weight excluding hydrogens is 484 g/mol. The van der Waals surface area contributed by atoms with E-state index in [4.69, 9.17) is 15.5 Å². The molecule has 2 spiro atoms. The number of aromatic nitrogens is 1. The largest absolute Gasteiger partial charge is 0.381 e. The molecule has 1 atom stereocenters. The number of nitrogens with zero attached hydrogens (tertiary/aromatic N) is 3. The zero-order valence-corrected chi connectivity index (χ0v) is 20.8. The summed E-state index contributed by atoms with van der Waals surface area (Å²) >= 11 is 3.59. The zero-order valence-electron chi connectivity index (χ0n) is 19.2. The lowest BCUT2D eigenvalue weighted by atomic mass is 9.61. The summed E-state index contributed by atoms with van der Waals surface area (Å²) in [6.45, 7) is 1.94. The second kappa shape index (κ2) is 8.99. The van der Waals surface area contributed by atoms with Gasteiger partial charge in [-0.25, -0.2) is 0 Å². The van der Waals surface area contributed by atoms with Gasteiger partial charge in [-0.15, -0.1) is 0 Å². The van der Waals surface area contributed by atoms with Gasteiger partial charge in [-0.3, -0.25) is 19.6 Å². The summed E-state index contributed by atoms with van der Waals surface area (Å²) in [6, 6.07) is 11.4. The van der Waals surface area contributed by atoms with Crippen LogP contribution in [0.5, 0.6) is 0 Å². The lowest BCUT2D eigenvalue weighted by molar-refractivity contribution is -0.137. The summed E-state index contributed by atoms with van der Waals surface area (Å²) in [5.41, 5.74) is 6.72. The lowest BCUT2D eigenvalue weighted by Crippen LogP contribution is -2.51. The topological polar surface area (TPSA) is 97.9 Å². The lowest BCUT2D eigenvalue weighted by Gasteiger charge is -2.45. The van der Waals surface area contributed by atoms with Crippen molar-refractivity contribution in [2.24, 2.45) is 16.1 Å². The highest BCUT2D eigenvalue weighted by Gasteiger charge is 2.65. The van der Waals surface area contributed by atoms with Crippen LogP contribution >= 0.6 is 15.9 Å². The average Bonchev–Trinajstić information content (AvgIpc) is 3.21. The van der Waals surface area contributed by atoms with E-state index < -0.39 is 11.4 Å². The summed E-state index contributed by atoms with van der Waals surface area (Å²) in [5.74, 6) is 0.462. The van der Waals surface area contributed by atoms with Crippen molar-refractivity contribution in [2.75, 3.05) is 14.2 Å². The molecule has 174 valence electrons. The van der Waals surface area contributed by atoms with E-state index in [0.717, 1.165) is 48.0 Å². The molecule has 1 aliphatic heterocycles. The van der Waals surface area contributed by atoms with Crippen LogP contribution in [0.4, 0.5) is 0 Å². The number of carbonyl (C=O) groups excluding carboxylic acids is 2. The van der Waals surface area contributed by atoms with Crippen LogP contribution in [0.15, 0.2) is 52.1 Å². The second-order valence-electron chi connectivity index (χ2n) is 9.01. The van der Waals surface area contributed by atoms with Crippen molar-refractivity contribution >= 4 is 33.6 Å². The number of benzene rings is 1. The Morgan fingerprint density at radius 2 is 1.97 bits per heavy atom. The molecule has 0 saturated heterocycles. The van der Waals surface area contributed by atoms with E-state index in [1.54, 1.807) is 30.2 Å². The van der Waals surface area contributed by atoms with Crippen molar-refractivity contribution in [1.29, 1.82) is 0 Å². The van der Waals surface area contributed by atoms with E-state index in [2.05, 4.69) is 39.1 Å². The maximum Gasteiger partial charge on any atom is 0.267 e. The molecule has 3 aliphatic rings. The molecule has 0 radical (unpaired) electrons. The van der Waals surface area contributed by atoms with Crippen LogP contribution in [-0.4, -0.2) is 47.8 Å². The van der Waals surface area contributed by atoms with Gasteiger partial charge in [0.2, 0.25) is 0 Å². The fraction of sp³-hybridized carbons (Fsp3) is 0.440. The van der Waals surface area contributed by atoms with Gasteiger partial charge in [-0.2, -0.15) is 0 Å². The van der Waals surface area contributed by atoms with E-state index >= 15 is 0 Å². The molecule has 2 heterocycles. The Kier molecular flexibility index (Phi) is 6.42. The van der Waals surface area contributed by atoms with E-state index in [1.165, 1.54) is 11.8 Å². The van der Waals surface area contributed by atoms with E-state index in [-0.39, 0.29) is 11.3 Å². The Labute approximate surface area is 202 Å². The maximum absolute atomic E-state index is 13.4. The molecule has 33 heavy (non-hydrogen) atoms. The van der Waals surface area contributed by atoms with Gasteiger partial charge in [-0.1, -0.05) is 28.1 Å². The second-order valence-corrected chi connectivity index (χ2v) is 9.92. The van der Waals surface area contributed by atoms with Gasteiger partial charge >= 0.3 is 0 Å². The number of primary amides is 1. The number of fused-ring (bicyclic) bond motifs is 3. The maximum atomic E-state index is 13.4. The minimum absolute atomic E-state index is 0.117. The Morgan fingerprint density at radius 1 is 1.24 bits per heavy atom. The first-order valence-corrected chi connectivity index (χ1v) is 11.9. The molecule has 7 nitrogen and oxygen atoms in total. The summed E-state index contributed by atoms with van der Waals surface area (Å²) < 4.78 is 6.58. The van der Waals surface area contributed by atoms with Gasteiger partial charge in [0, 0.05) is 30.2 Å². The summed E-state index contributed by atoms with van der Waals surface area (Å²) in [7, 11) is 3.64. The highest BCUT2D eigenvalue weighted by atomic mass is 79.9. The van der Waals surface area contributed by atoms with Gasteiger partial charge in [0.25, 0.3) is 11.8 Å². The molecule has 0 bridgehead atoms. The average molecular weight is 513 g/mol. The van der Waals surface area contributed by atoms with Crippen molar-refractivity contribution in [3.8, 4) is 0 Å². The predicted octanol–water partition coefficient (Wildman–Crippen LogP) is 3.85. The Morgan fingerprint density at radius 3 is 2.48 bits per heavy atom. The Balaban J connectivity index is 0.000000243. The molecule has 2 aliphatic carbocycles. The van der Waals surface area contributed by atoms with Gasteiger partial charge in [0.1, 0.15) is 11.5 Å². The first kappa shape index (κ1) is 23.6. The van der Waals surface area contributed by atoms with Crippen molar-refractivity contribution in [2.45, 2.75) is 50.7 Å². The third-order valence-corrected chi connectivity index (χ3v) is 7.82. The van der Waals surface area contributed by atoms with Crippen LogP contribution < -0.4 is 5.73 Å².